The van der Waals surface area contributed by atoms with Crippen molar-refractivity contribution in [3.05, 3.63) is 0 Å². The number of likely N-dealkylation sites (N-methyl/N-ethyl adjacent to an activating group) is 1. The number of carboxylic acids is 1. The van der Waals surface area contributed by atoms with E-state index in [4.69, 9.17) is 5.11 Å². The predicted octanol–water partition coefficient (Wildman–Crippen LogP) is -0.164. The minimum absolute atomic E-state index is 0.0410. The lowest BCUT2D eigenvalue weighted by molar-refractivity contribution is -0.143. The summed E-state index contributed by atoms with van der Waals surface area (Å²) in [6.07, 6.45) is 0.987. The van der Waals surface area contributed by atoms with E-state index in [2.05, 4.69) is 5.32 Å². The van der Waals surface area contributed by atoms with Crippen LogP contribution < -0.4 is 5.32 Å². The van der Waals surface area contributed by atoms with E-state index >= 15 is 0 Å². The Kier molecular flexibility index (Phi) is 6.91. The summed E-state index contributed by atoms with van der Waals surface area (Å²) in [4.78, 5) is 33.9. The van der Waals surface area contributed by atoms with Crippen molar-refractivity contribution in [3.8, 4) is 0 Å². The normalized spacial score (nSPS) is 9.62. The fourth-order valence-electron chi connectivity index (χ4n) is 1.06. The second kappa shape index (κ2) is 7.67. The largest absolute Gasteiger partial charge is 0.480 e. The third-order valence-corrected chi connectivity index (χ3v) is 1.94. The van der Waals surface area contributed by atoms with Gasteiger partial charge in [0.05, 0.1) is 0 Å². The molecular weight excluding hydrogens is 212 g/mol. The van der Waals surface area contributed by atoms with Gasteiger partial charge in [0.25, 0.3) is 0 Å². The number of nitrogens with one attached hydrogen (secondary N) is 1. The Morgan fingerprint density at radius 3 is 2.38 bits per heavy atom. The molecule has 6 heteroatoms. The standard InChI is InChI=1S/C10H18N2O4/c1-3-6-11-8(13)4-5-9(14)12(2)7-10(15)16/h3-7H2,1-2H3,(H,11,13)(H,15,16). The summed E-state index contributed by atoms with van der Waals surface area (Å²) in [5, 5.41) is 11.1. The molecule has 0 aliphatic rings. The molecule has 0 unspecified atom stereocenters. The lowest BCUT2D eigenvalue weighted by atomic mass is 10.2. The molecule has 0 saturated carbocycles. The highest BCUT2D eigenvalue weighted by molar-refractivity contribution is 5.85. The molecule has 0 fully saturated rings. The van der Waals surface area contributed by atoms with Gasteiger partial charge in [-0.3, -0.25) is 14.4 Å². The van der Waals surface area contributed by atoms with Gasteiger partial charge in [0.1, 0.15) is 6.54 Å². The molecule has 0 aromatic heterocycles. The van der Waals surface area contributed by atoms with Crippen molar-refractivity contribution >= 4 is 17.8 Å². The molecule has 6 nitrogen and oxygen atoms in total. The minimum Gasteiger partial charge on any atom is -0.480 e. The Morgan fingerprint density at radius 1 is 1.25 bits per heavy atom. The quantitative estimate of drug-likeness (QED) is 0.636. The molecule has 0 rings (SSSR count). The lowest BCUT2D eigenvalue weighted by Crippen LogP contribution is -2.33. The fraction of sp³-hybridized carbons (Fsp3) is 0.700. The number of rotatable bonds is 7. The molecule has 0 radical (unpaired) electrons. The van der Waals surface area contributed by atoms with E-state index in [-0.39, 0.29) is 31.2 Å². The molecule has 16 heavy (non-hydrogen) atoms. The molecule has 0 atom stereocenters. The zero-order valence-corrected chi connectivity index (χ0v) is 9.65. The SMILES string of the molecule is CCCNC(=O)CCC(=O)N(C)CC(=O)O. The van der Waals surface area contributed by atoms with Gasteiger partial charge < -0.3 is 15.3 Å². The first-order chi connectivity index (χ1) is 7.47. The van der Waals surface area contributed by atoms with Gasteiger partial charge in [-0.1, -0.05) is 6.92 Å². The monoisotopic (exact) mass is 230 g/mol. The van der Waals surface area contributed by atoms with Crippen molar-refractivity contribution in [1.82, 2.24) is 10.2 Å². The van der Waals surface area contributed by atoms with Crippen LogP contribution in [0.1, 0.15) is 26.2 Å². The number of carbonyl (C=O) groups excluding carboxylic acids is 2. The van der Waals surface area contributed by atoms with Crippen molar-refractivity contribution in [2.24, 2.45) is 0 Å². The van der Waals surface area contributed by atoms with Gasteiger partial charge in [0.2, 0.25) is 11.8 Å². The first-order valence-corrected chi connectivity index (χ1v) is 5.19. The van der Waals surface area contributed by atoms with E-state index in [1.165, 1.54) is 7.05 Å². The molecule has 0 bridgehead atoms. The van der Waals surface area contributed by atoms with Crippen molar-refractivity contribution in [3.63, 3.8) is 0 Å². The summed E-state index contributed by atoms with van der Waals surface area (Å²) in [5.74, 6) is -1.58. The van der Waals surface area contributed by atoms with E-state index in [9.17, 15) is 14.4 Å². The average Bonchev–Trinajstić information content (AvgIpc) is 2.21. The van der Waals surface area contributed by atoms with Crippen molar-refractivity contribution in [1.29, 1.82) is 0 Å². The van der Waals surface area contributed by atoms with Crippen molar-refractivity contribution in [2.45, 2.75) is 26.2 Å². The van der Waals surface area contributed by atoms with Crippen LogP contribution in [0.3, 0.4) is 0 Å². The Bertz CT molecular complexity index is 266. The number of aliphatic carboxylic acids is 1. The maximum Gasteiger partial charge on any atom is 0.323 e. The van der Waals surface area contributed by atoms with Gasteiger partial charge in [0, 0.05) is 26.4 Å². The maximum atomic E-state index is 11.3. The summed E-state index contributed by atoms with van der Waals surface area (Å²) >= 11 is 0. The number of carboxylic acid groups (broad SMARTS) is 1. The third kappa shape index (κ3) is 6.80. The van der Waals surface area contributed by atoms with E-state index in [0.717, 1.165) is 11.3 Å². The summed E-state index contributed by atoms with van der Waals surface area (Å²) in [6.45, 7) is 2.19. The third-order valence-electron chi connectivity index (χ3n) is 1.94. The first kappa shape index (κ1) is 14.4. The molecule has 92 valence electrons. The van der Waals surface area contributed by atoms with Crippen molar-refractivity contribution in [2.75, 3.05) is 20.1 Å². The number of carbonyl (C=O) groups is 3. The molecule has 0 heterocycles. The van der Waals surface area contributed by atoms with Crippen LogP contribution >= 0.6 is 0 Å². The van der Waals surface area contributed by atoms with Gasteiger partial charge in [-0.25, -0.2) is 0 Å². The van der Waals surface area contributed by atoms with Crippen LogP contribution in [0, 0.1) is 0 Å². The summed E-state index contributed by atoms with van der Waals surface area (Å²) in [5.41, 5.74) is 0. The van der Waals surface area contributed by atoms with E-state index in [1.807, 2.05) is 6.92 Å². The van der Waals surface area contributed by atoms with Crippen LogP contribution in [-0.2, 0) is 14.4 Å². The molecule has 0 aliphatic heterocycles. The van der Waals surface area contributed by atoms with Crippen LogP contribution in [0.5, 0.6) is 0 Å². The molecule has 2 N–H and O–H groups in total. The van der Waals surface area contributed by atoms with Crippen LogP contribution in [0.2, 0.25) is 0 Å². The topological polar surface area (TPSA) is 86.7 Å². The van der Waals surface area contributed by atoms with Gasteiger partial charge in [0.15, 0.2) is 0 Å². The Balaban J connectivity index is 3.79. The first-order valence-electron chi connectivity index (χ1n) is 5.19. The number of hydrogen-bond acceptors (Lipinski definition) is 3. The van der Waals surface area contributed by atoms with E-state index in [1.54, 1.807) is 0 Å². The van der Waals surface area contributed by atoms with Crippen LogP contribution in [0.15, 0.2) is 0 Å². The van der Waals surface area contributed by atoms with Gasteiger partial charge in [-0.15, -0.1) is 0 Å². The molecule has 0 spiro atoms. The van der Waals surface area contributed by atoms with Gasteiger partial charge in [-0.05, 0) is 6.42 Å². The maximum absolute atomic E-state index is 11.3. The Morgan fingerprint density at radius 2 is 1.88 bits per heavy atom. The molecule has 2 amide bonds. The zero-order valence-electron chi connectivity index (χ0n) is 9.65. The molecule has 0 aromatic carbocycles. The second-order valence-electron chi connectivity index (χ2n) is 3.49. The summed E-state index contributed by atoms with van der Waals surface area (Å²) in [6, 6.07) is 0. The van der Waals surface area contributed by atoms with E-state index in [0.29, 0.717) is 6.54 Å². The molecular formula is C10H18N2O4. The smallest absolute Gasteiger partial charge is 0.323 e. The zero-order chi connectivity index (χ0) is 12.6. The molecule has 0 saturated heterocycles. The Labute approximate surface area is 94.6 Å². The highest BCUT2D eigenvalue weighted by Gasteiger charge is 2.13. The number of hydrogen-bond donors (Lipinski definition) is 2. The van der Waals surface area contributed by atoms with Crippen molar-refractivity contribution < 1.29 is 19.5 Å². The van der Waals surface area contributed by atoms with Gasteiger partial charge >= 0.3 is 5.97 Å². The highest BCUT2D eigenvalue weighted by Crippen LogP contribution is 1.95. The number of nitrogens with zero attached hydrogens (tertiary/aromatic N) is 1. The highest BCUT2D eigenvalue weighted by atomic mass is 16.4. The average molecular weight is 230 g/mol. The minimum atomic E-state index is -1.06. The van der Waals surface area contributed by atoms with Gasteiger partial charge in [-0.2, -0.15) is 0 Å². The fourth-order valence-corrected chi connectivity index (χ4v) is 1.06. The summed E-state index contributed by atoms with van der Waals surface area (Å²) in [7, 11) is 1.40. The van der Waals surface area contributed by atoms with Crippen LogP contribution in [0.4, 0.5) is 0 Å². The molecule has 0 aromatic rings. The molecule has 0 aliphatic carbocycles. The lowest BCUT2D eigenvalue weighted by Gasteiger charge is -2.13. The number of amides is 2. The van der Waals surface area contributed by atoms with Crippen LogP contribution in [-0.4, -0.2) is 47.9 Å². The van der Waals surface area contributed by atoms with Crippen LogP contribution in [0.25, 0.3) is 0 Å². The second-order valence-corrected chi connectivity index (χ2v) is 3.49. The van der Waals surface area contributed by atoms with E-state index < -0.39 is 5.97 Å². The predicted molar refractivity (Wildman–Crippen MR) is 57.8 cm³/mol. The summed E-state index contributed by atoms with van der Waals surface area (Å²) < 4.78 is 0. The Hall–Kier alpha value is -1.59.